The van der Waals surface area contributed by atoms with Crippen molar-refractivity contribution in [1.29, 1.82) is 0 Å². The number of hydrogen-bond acceptors (Lipinski definition) is 4. The lowest BCUT2D eigenvalue weighted by atomic mass is 9.97. The number of nitrogens with one attached hydrogen (secondary N) is 1. The summed E-state index contributed by atoms with van der Waals surface area (Å²) >= 11 is 12.1. The predicted molar refractivity (Wildman–Crippen MR) is 109 cm³/mol. The molecule has 4 rings (SSSR count). The highest BCUT2D eigenvalue weighted by atomic mass is 35.5. The second-order valence-corrected chi connectivity index (χ2v) is 7.62. The first kappa shape index (κ1) is 19.7. The summed E-state index contributed by atoms with van der Waals surface area (Å²) in [4.78, 5) is 18.7. The SMILES string of the molecule is O=C(Nc1cc(Cl)ccc1Cl)N1CCC(c2nc(-c3ccc(F)cc3)no2)CC1. The lowest BCUT2D eigenvalue weighted by Gasteiger charge is -2.30. The molecule has 0 atom stereocenters. The molecule has 9 heteroatoms. The minimum atomic E-state index is -0.317. The zero-order chi connectivity index (χ0) is 20.4. The molecule has 1 aliphatic heterocycles. The lowest BCUT2D eigenvalue weighted by molar-refractivity contribution is 0.187. The van der Waals surface area contributed by atoms with Crippen LogP contribution in [0, 0.1) is 5.82 Å². The molecule has 150 valence electrons. The Morgan fingerprint density at radius 2 is 1.86 bits per heavy atom. The van der Waals surface area contributed by atoms with Crippen molar-refractivity contribution in [2.75, 3.05) is 18.4 Å². The molecule has 1 fully saturated rings. The molecule has 1 N–H and O–H groups in total. The normalized spacial score (nSPS) is 14.8. The van der Waals surface area contributed by atoms with Crippen LogP contribution in [-0.2, 0) is 0 Å². The second-order valence-electron chi connectivity index (χ2n) is 6.78. The Morgan fingerprint density at radius 3 is 2.59 bits per heavy atom. The van der Waals surface area contributed by atoms with E-state index in [-0.39, 0.29) is 17.8 Å². The summed E-state index contributed by atoms with van der Waals surface area (Å²) in [7, 11) is 0. The number of likely N-dealkylation sites (tertiary alicyclic amines) is 1. The number of piperidine rings is 1. The van der Waals surface area contributed by atoms with E-state index >= 15 is 0 Å². The van der Waals surface area contributed by atoms with Crippen LogP contribution in [0.2, 0.25) is 10.0 Å². The number of benzene rings is 2. The minimum Gasteiger partial charge on any atom is -0.339 e. The highest BCUT2D eigenvalue weighted by Gasteiger charge is 2.28. The van der Waals surface area contributed by atoms with Crippen LogP contribution in [0.5, 0.6) is 0 Å². The van der Waals surface area contributed by atoms with Gasteiger partial charge in [0.2, 0.25) is 11.7 Å². The average Bonchev–Trinajstić information content (AvgIpc) is 3.21. The van der Waals surface area contributed by atoms with Gasteiger partial charge >= 0.3 is 6.03 Å². The number of rotatable bonds is 3. The topological polar surface area (TPSA) is 71.3 Å². The molecule has 0 unspecified atom stereocenters. The van der Waals surface area contributed by atoms with Gasteiger partial charge in [-0.25, -0.2) is 9.18 Å². The fourth-order valence-electron chi connectivity index (χ4n) is 3.23. The second kappa shape index (κ2) is 8.39. The maximum absolute atomic E-state index is 13.1. The molecule has 0 radical (unpaired) electrons. The van der Waals surface area contributed by atoms with Crippen LogP contribution in [0.3, 0.4) is 0 Å². The molecular formula is C20H17Cl2FN4O2. The Morgan fingerprint density at radius 1 is 1.14 bits per heavy atom. The van der Waals surface area contributed by atoms with E-state index in [4.69, 9.17) is 27.7 Å². The molecule has 0 saturated carbocycles. The number of amides is 2. The van der Waals surface area contributed by atoms with Crippen LogP contribution in [0.4, 0.5) is 14.9 Å². The van der Waals surface area contributed by atoms with Gasteiger partial charge < -0.3 is 14.7 Å². The summed E-state index contributed by atoms with van der Waals surface area (Å²) in [6, 6.07) is 10.6. The third-order valence-corrected chi connectivity index (χ3v) is 5.41. The Kier molecular flexibility index (Phi) is 5.69. The van der Waals surface area contributed by atoms with Gasteiger partial charge in [-0.1, -0.05) is 28.4 Å². The summed E-state index contributed by atoms with van der Waals surface area (Å²) in [6.45, 7) is 1.09. The maximum atomic E-state index is 13.1. The summed E-state index contributed by atoms with van der Waals surface area (Å²) in [5.74, 6) is 0.704. The summed E-state index contributed by atoms with van der Waals surface area (Å²) in [5.41, 5.74) is 1.17. The van der Waals surface area contributed by atoms with Crippen molar-refractivity contribution in [1.82, 2.24) is 15.0 Å². The van der Waals surface area contributed by atoms with Crippen LogP contribution < -0.4 is 5.32 Å². The van der Waals surface area contributed by atoms with Gasteiger partial charge in [-0.3, -0.25) is 0 Å². The van der Waals surface area contributed by atoms with E-state index < -0.39 is 0 Å². The fraction of sp³-hybridized carbons (Fsp3) is 0.250. The van der Waals surface area contributed by atoms with Crippen molar-refractivity contribution in [2.45, 2.75) is 18.8 Å². The summed E-state index contributed by atoms with van der Waals surface area (Å²) in [5, 5.41) is 7.71. The number of urea groups is 1. The molecule has 1 aromatic heterocycles. The Hall–Kier alpha value is -2.64. The van der Waals surface area contributed by atoms with Crippen LogP contribution >= 0.6 is 23.2 Å². The van der Waals surface area contributed by atoms with E-state index in [9.17, 15) is 9.18 Å². The number of carbonyl (C=O) groups is 1. The van der Waals surface area contributed by atoms with Crippen LogP contribution in [0.1, 0.15) is 24.7 Å². The van der Waals surface area contributed by atoms with Gasteiger partial charge in [0, 0.05) is 29.6 Å². The molecule has 2 aromatic carbocycles. The van der Waals surface area contributed by atoms with Gasteiger partial charge in [-0.15, -0.1) is 0 Å². The lowest BCUT2D eigenvalue weighted by Crippen LogP contribution is -2.40. The number of anilines is 1. The maximum Gasteiger partial charge on any atom is 0.321 e. The number of nitrogens with zero attached hydrogens (tertiary/aromatic N) is 3. The Balaban J connectivity index is 1.36. The van der Waals surface area contributed by atoms with E-state index in [1.54, 1.807) is 35.2 Å². The van der Waals surface area contributed by atoms with E-state index in [1.165, 1.54) is 12.1 Å². The van der Waals surface area contributed by atoms with Gasteiger partial charge in [0.25, 0.3) is 0 Å². The Labute approximate surface area is 176 Å². The van der Waals surface area contributed by atoms with E-state index in [2.05, 4.69) is 15.5 Å². The van der Waals surface area contributed by atoms with Gasteiger partial charge in [0.05, 0.1) is 10.7 Å². The highest BCUT2D eigenvalue weighted by molar-refractivity contribution is 6.35. The smallest absolute Gasteiger partial charge is 0.321 e. The molecule has 6 nitrogen and oxygen atoms in total. The molecule has 0 aliphatic carbocycles. The number of hydrogen-bond donors (Lipinski definition) is 1. The summed E-state index contributed by atoms with van der Waals surface area (Å²) < 4.78 is 18.5. The van der Waals surface area contributed by atoms with E-state index in [0.717, 1.165) is 0 Å². The highest BCUT2D eigenvalue weighted by Crippen LogP contribution is 2.30. The van der Waals surface area contributed by atoms with Crippen molar-refractivity contribution in [3.05, 3.63) is 64.2 Å². The first-order chi connectivity index (χ1) is 14.0. The molecule has 3 aromatic rings. The molecule has 0 spiro atoms. The largest absolute Gasteiger partial charge is 0.339 e. The first-order valence-corrected chi connectivity index (χ1v) is 9.86. The monoisotopic (exact) mass is 434 g/mol. The van der Waals surface area contributed by atoms with Crippen molar-refractivity contribution in [3.63, 3.8) is 0 Å². The molecule has 29 heavy (non-hydrogen) atoms. The van der Waals surface area contributed by atoms with Gasteiger partial charge in [-0.05, 0) is 55.3 Å². The minimum absolute atomic E-state index is 0.0653. The predicted octanol–water partition coefficient (Wildman–Crippen LogP) is 5.59. The van der Waals surface area contributed by atoms with Gasteiger partial charge in [-0.2, -0.15) is 4.98 Å². The average molecular weight is 435 g/mol. The fourth-order valence-corrected chi connectivity index (χ4v) is 3.57. The first-order valence-electron chi connectivity index (χ1n) is 9.10. The Bertz CT molecular complexity index is 1020. The van der Waals surface area contributed by atoms with E-state index in [0.29, 0.717) is 58.9 Å². The van der Waals surface area contributed by atoms with E-state index in [1.807, 2.05) is 0 Å². The number of carbonyl (C=O) groups excluding carboxylic acids is 1. The zero-order valence-electron chi connectivity index (χ0n) is 15.2. The molecule has 0 bridgehead atoms. The third kappa shape index (κ3) is 4.52. The summed E-state index contributed by atoms with van der Waals surface area (Å²) in [6.07, 6.45) is 1.39. The third-order valence-electron chi connectivity index (χ3n) is 4.85. The van der Waals surface area contributed by atoms with Crippen LogP contribution in [0.25, 0.3) is 11.4 Å². The molecule has 1 saturated heterocycles. The van der Waals surface area contributed by atoms with Crippen molar-refractivity contribution < 1.29 is 13.7 Å². The van der Waals surface area contributed by atoms with Crippen LogP contribution in [0.15, 0.2) is 47.0 Å². The standard InChI is InChI=1S/C20H17Cl2FN4O2/c21-14-3-6-16(22)17(11-14)24-20(28)27-9-7-13(8-10-27)19-25-18(26-29-19)12-1-4-15(23)5-2-12/h1-6,11,13H,7-10H2,(H,24,28). The van der Waals surface area contributed by atoms with Gasteiger partial charge in [0.1, 0.15) is 5.82 Å². The molecule has 2 heterocycles. The molecule has 1 aliphatic rings. The zero-order valence-corrected chi connectivity index (χ0v) is 16.8. The number of aromatic nitrogens is 2. The molecule has 2 amide bonds. The van der Waals surface area contributed by atoms with Crippen molar-refractivity contribution in [3.8, 4) is 11.4 Å². The van der Waals surface area contributed by atoms with Crippen LogP contribution in [-0.4, -0.2) is 34.2 Å². The van der Waals surface area contributed by atoms with Crippen molar-refractivity contribution in [2.24, 2.45) is 0 Å². The quantitative estimate of drug-likeness (QED) is 0.582. The van der Waals surface area contributed by atoms with Gasteiger partial charge in [0.15, 0.2) is 0 Å². The number of halogens is 3. The van der Waals surface area contributed by atoms with Crippen molar-refractivity contribution >= 4 is 34.9 Å². The molecular weight excluding hydrogens is 418 g/mol.